The number of methoxy groups -OCH3 is 1. The molecule has 0 amide bonds. The summed E-state index contributed by atoms with van der Waals surface area (Å²) in [6.45, 7) is 1.93. The molecule has 0 aliphatic carbocycles. The van der Waals surface area contributed by atoms with Gasteiger partial charge in [-0.25, -0.2) is 9.18 Å². The lowest BCUT2D eigenvalue weighted by molar-refractivity contribution is -0.131. The van der Waals surface area contributed by atoms with E-state index >= 15 is 0 Å². The molecule has 0 bridgehead atoms. The van der Waals surface area contributed by atoms with Crippen LogP contribution in [-0.2, 0) is 11.2 Å². The number of ether oxygens (including phenoxy) is 1. The smallest absolute Gasteiger partial charge is 0.328 e. The van der Waals surface area contributed by atoms with Gasteiger partial charge in [-0.2, -0.15) is 0 Å². The van der Waals surface area contributed by atoms with Gasteiger partial charge < -0.3 is 9.84 Å². The second kappa shape index (κ2) is 6.03. The van der Waals surface area contributed by atoms with Crippen molar-refractivity contribution in [2.75, 3.05) is 7.11 Å². The molecule has 1 rings (SSSR count). The molecule has 0 aliphatic rings. The number of halogens is 1. The van der Waals surface area contributed by atoms with Crippen molar-refractivity contribution in [3.63, 3.8) is 0 Å². The number of hydrogen-bond acceptors (Lipinski definition) is 2. The van der Waals surface area contributed by atoms with Gasteiger partial charge in [-0.3, -0.25) is 0 Å². The molecule has 17 heavy (non-hydrogen) atoms. The summed E-state index contributed by atoms with van der Waals surface area (Å²) in [6.07, 6.45) is 3.72. The average molecular weight is 238 g/mol. The van der Waals surface area contributed by atoms with Crippen LogP contribution in [-0.4, -0.2) is 18.2 Å². The molecule has 0 saturated heterocycles. The molecule has 4 heteroatoms. The first-order valence-electron chi connectivity index (χ1n) is 5.36. The zero-order valence-electron chi connectivity index (χ0n) is 9.87. The number of carboxylic acids is 1. The minimum atomic E-state index is -1.05. The molecule has 92 valence electrons. The van der Waals surface area contributed by atoms with E-state index in [1.54, 1.807) is 6.07 Å². The largest absolute Gasteiger partial charge is 0.494 e. The SMILES string of the molecule is CCCc1c(C=CC(=O)O)ccc(OC)c1F. The molecule has 1 aromatic carbocycles. The lowest BCUT2D eigenvalue weighted by atomic mass is 10.0. The highest BCUT2D eigenvalue weighted by atomic mass is 19.1. The van der Waals surface area contributed by atoms with Crippen molar-refractivity contribution in [2.45, 2.75) is 19.8 Å². The summed E-state index contributed by atoms with van der Waals surface area (Å²) >= 11 is 0. The van der Waals surface area contributed by atoms with Gasteiger partial charge in [-0.1, -0.05) is 19.4 Å². The zero-order chi connectivity index (χ0) is 12.8. The summed E-state index contributed by atoms with van der Waals surface area (Å²) in [5, 5.41) is 8.56. The Balaban J connectivity index is 3.20. The molecular formula is C13H15FO3. The van der Waals surface area contributed by atoms with E-state index in [4.69, 9.17) is 9.84 Å². The van der Waals surface area contributed by atoms with Gasteiger partial charge in [0.2, 0.25) is 0 Å². The third-order valence-electron chi connectivity index (χ3n) is 2.37. The van der Waals surface area contributed by atoms with Crippen molar-refractivity contribution >= 4 is 12.0 Å². The van der Waals surface area contributed by atoms with E-state index in [1.807, 2.05) is 6.92 Å². The Bertz CT molecular complexity index is 439. The second-order valence-electron chi connectivity index (χ2n) is 3.57. The van der Waals surface area contributed by atoms with Crippen LogP contribution < -0.4 is 4.74 Å². The fourth-order valence-corrected chi connectivity index (χ4v) is 1.59. The molecule has 3 nitrogen and oxygen atoms in total. The minimum absolute atomic E-state index is 0.181. The summed E-state index contributed by atoms with van der Waals surface area (Å²) in [5.74, 6) is -1.29. The number of hydrogen-bond donors (Lipinski definition) is 1. The fourth-order valence-electron chi connectivity index (χ4n) is 1.59. The van der Waals surface area contributed by atoms with Crippen LogP contribution >= 0.6 is 0 Å². The van der Waals surface area contributed by atoms with Gasteiger partial charge in [0.25, 0.3) is 0 Å². The van der Waals surface area contributed by atoms with E-state index < -0.39 is 11.8 Å². The van der Waals surface area contributed by atoms with Crippen LogP contribution in [0.1, 0.15) is 24.5 Å². The molecular weight excluding hydrogens is 223 g/mol. The third-order valence-corrected chi connectivity index (χ3v) is 2.37. The lowest BCUT2D eigenvalue weighted by Gasteiger charge is -2.10. The summed E-state index contributed by atoms with van der Waals surface area (Å²) < 4.78 is 18.8. The molecule has 0 radical (unpaired) electrons. The van der Waals surface area contributed by atoms with Crippen LogP contribution in [0, 0.1) is 5.82 Å². The molecule has 0 aromatic heterocycles. The Kier molecular flexibility index (Phi) is 4.69. The second-order valence-corrected chi connectivity index (χ2v) is 3.57. The van der Waals surface area contributed by atoms with Crippen molar-refractivity contribution in [1.82, 2.24) is 0 Å². The van der Waals surface area contributed by atoms with Crippen LogP contribution in [0.15, 0.2) is 18.2 Å². The summed E-state index contributed by atoms with van der Waals surface area (Å²) in [7, 11) is 1.40. The van der Waals surface area contributed by atoms with E-state index in [9.17, 15) is 9.18 Å². The Morgan fingerprint density at radius 2 is 2.24 bits per heavy atom. The number of carbonyl (C=O) groups is 1. The van der Waals surface area contributed by atoms with Gasteiger partial charge in [0.15, 0.2) is 11.6 Å². The average Bonchev–Trinajstić information content (AvgIpc) is 2.30. The van der Waals surface area contributed by atoms with E-state index in [-0.39, 0.29) is 5.75 Å². The molecule has 1 N–H and O–H groups in total. The van der Waals surface area contributed by atoms with Crippen LogP contribution in [0.5, 0.6) is 5.75 Å². The highest BCUT2D eigenvalue weighted by molar-refractivity contribution is 5.85. The Morgan fingerprint density at radius 1 is 1.53 bits per heavy atom. The Morgan fingerprint density at radius 3 is 2.76 bits per heavy atom. The quantitative estimate of drug-likeness (QED) is 0.802. The van der Waals surface area contributed by atoms with Crippen molar-refractivity contribution in [1.29, 1.82) is 0 Å². The molecule has 0 unspecified atom stereocenters. The maximum atomic E-state index is 13.9. The van der Waals surface area contributed by atoms with E-state index in [2.05, 4.69) is 0 Å². The normalized spacial score (nSPS) is 10.8. The first-order chi connectivity index (χ1) is 8.10. The van der Waals surface area contributed by atoms with Crippen molar-refractivity contribution < 1.29 is 19.0 Å². The van der Waals surface area contributed by atoms with Gasteiger partial charge >= 0.3 is 5.97 Å². The standard InChI is InChI=1S/C13H15FO3/c1-3-4-10-9(6-8-12(15)16)5-7-11(17-2)13(10)14/h5-8H,3-4H2,1-2H3,(H,15,16). The highest BCUT2D eigenvalue weighted by Gasteiger charge is 2.11. The highest BCUT2D eigenvalue weighted by Crippen LogP contribution is 2.25. The van der Waals surface area contributed by atoms with Gasteiger partial charge in [0, 0.05) is 6.08 Å². The van der Waals surface area contributed by atoms with Crippen LogP contribution in [0.4, 0.5) is 4.39 Å². The van der Waals surface area contributed by atoms with Crippen LogP contribution in [0.3, 0.4) is 0 Å². The number of benzene rings is 1. The molecule has 0 heterocycles. The van der Waals surface area contributed by atoms with Gasteiger partial charge in [-0.05, 0) is 29.7 Å². The van der Waals surface area contributed by atoms with E-state index in [0.717, 1.165) is 12.5 Å². The minimum Gasteiger partial charge on any atom is -0.494 e. The van der Waals surface area contributed by atoms with Gasteiger partial charge in [0.1, 0.15) is 0 Å². The monoisotopic (exact) mass is 238 g/mol. The first-order valence-corrected chi connectivity index (χ1v) is 5.36. The molecule has 0 aliphatic heterocycles. The first kappa shape index (κ1) is 13.2. The van der Waals surface area contributed by atoms with Crippen molar-refractivity contribution in [3.05, 3.63) is 35.2 Å². The molecule has 0 saturated carbocycles. The van der Waals surface area contributed by atoms with Crippen LogP contribution in [0.2, 0.25) is 0 Å². The predicted molar refractivity (Wildman–Crippen MR) is 63.6 cm³/mol. The number of carboxylic acid groups (broad SMARTS) is 1. The molecule has 0 fully saturated rings. The van der Waals surface area contributed by atoms with E-state index in [0.29, 0.717) is 17.5 Å². The Hall–Kier alpha value is -1.84. The summed E-state index contributed by atoms with van der Waals surface area (Å²) in [4.78, 5) is 10.4. The topological polar surface area (TPSA) is 46.5 Å². The maximum Gasteiger partial charge on any atom is 0.328 e. The Labute approximate surface area is 99.5 Å². The van der Waals surface area contributed by atoms with Gasteiger partial charge in [-0.15, -0.1) is 0 Å². The molecule has 0 spiro atoms. The third kappa shape index (κ3) is 3.31. The summed E-state index contributed by atoms with van der Waals surface area (Å²) in [5.41, 5.74) is 1.07. The lowest BCUT2D eigenvalue weighted by Crippen LogP contribution is -1.98. The molecule has 1 aromatic rings. The number of aliphatic carboxylic acids is 1. The van der Waals surface area contributed by atoms with E-state index in [1.165, 1.54) is 19.3 Å². The number of rotatable bonds is 5. The predicted octanol–water partition coefficient (Wildman–Crippen LogP) is 2.88. The van der Waals surface area contributed by atoms with Crippen molar-refractivity contribution in [2.24, 2.45) is 0 Å². The zero-order valence-corrected chi connectivity index (χ0v) is 9.87. The van der Waals surface area contributed by atoms with Gasteiger partial charge in [0.05, 0.1) is 7.11 Å². The molecule has 0 atom stereocenters. The van der Waals surface area contributed by atoms with Crippen LogP contribution in [0.25, 0.3) is 6.08 Å². The van der Waals surface area contributed by atoms with Crippen molar-refractivity contribution in [3.8, 4) is 5.75 Å². The maximum absolute atomic E-state index is 13.9. The fraction of sp³-hybridized carbons (Fsp3) is 0.308. The summed E-state index contributed by atoms with van der Waals surface area (Å²) in [6, 6.07) is 3.16.